The first-order chi connectivity index (χ1) is 9.85. The van der Waals surface area contributed by atoms with Gasteiger partial charge in [-0.15, -0.1) is 22.4 Å². The summed E-state index contributed by atoms with van der Waals surface area (Å²) >= 11 is 3.10. The molecule has 0 saturated carbocycles. The molecule has 0 rings (SSSR count). The van der Waals surface area contributed by atoms with Gasteiger partial charge in [-0.05, 0) is 16.1 Å². The Hall–Kier alpha value is -0.301. The Balaban J connectivity index is 6.46. The second-order valence-corrected chi connectivity index (χ2v) is 4.43. The molecule has 21 heavy (non-hydrogen) atoms. The lowest BCUT2D eigenvalue weighted by Gasteiger charge is -2.22. The van der Waals surface area contributed by atoms with Crippen molar-refractivity contribution in [2.45, 2.75) is 12.6 Å². The van der Waals surface area contributed by atoms with Gasteiger partial charge in [0.2, 0.25) is 0 Å². The van der Waals surface area contributed by atoms with Gasteiger partial charge in [0.15, 0.2) is 0 Å². The summed E-state index contributed by atoms with van der Waals surface area (Å²) in [7, 11) is 46.0. The summed E-state index contributed by atoms with van der Waals surface area (Å²) in [4.78, 5) is 1.44. The predicted molar refractivity (Wildman–Crippen MR) is 103 cm³/mol. The molecule has 0 nitrogen and oxygen atoms in total. The monoisotopic (exact) mass is 318 g/mol. The van der Waals surface area contributed by atoms with Crippen molar-refractivity contribution in [3.05, 3.63) is 55.5 Å². The minimum absolute atomic E-state index is 0.0664. The van der Waals surface area contributed by atoms with E-state index < -0.39 is 0 Å². The van der Waals surface area contributed by atoms with Gasteiger partial charge in [0.25, 0.3) is 0 Å². The molecule has 0 aliphatic heterocycles. The highest BCUT2D eigenvalue weighted by atomic mass is 79.9. The molecular weight excluding hydrogens is 311 g/mol. The molecule has 0 aromatic heterocycles. The highest BCUT2D eigenvalue weighted by Gasteiger charge is 2.12. The first-order valence-corrected chi connectivity index (χ1v) is 6.85. The van der Waals surface area contributed by atoms with E-state index in [2.05, 4.69) is 15.9 Å². The molecule has 0 saturated heterocycles. The van der Waals surface area contributed by atoms with Crippen LogP contribution >= 0.6 is 15.9 Å². The maximum absolute atomic E-state index is 6.01. The number of hydrogen-bond acceptors (Lipinski definition) is 0. The van der Waals surface area contributed by atoms with E-state index in [0.717, 1.165) is 0 Å². The highest BCUT2D eigenvalue weighted by Crippen LogP contribution is 2.29. The topological polar surface area (TPSA) is 0 Å². The second-order valence-electron chi connectivity index (χ2n) is 3.97. The maximum Gasteiger partial charge on any atom is 0.113 e. The van der Waals surface area contributed by atoms with Crippen molar-refractivity contribution >= 4 is 78.7 Å². The van der Waals surface area contributed by atoms with Crippen molar-refractivity contribution in [1.82, 2.24) is 0 Å². The Labute approximate surface area is 146 Å². The number of rotatable bonds is 6. The van der Waals surface area contributed by atoms with E-state index in [1.54, 1.807) is 6.08 Å². The summed E-state index contributed by atoms with van der Waals surface area (Å²) in [5.41, 5.74) is 1.85. The molecule has 0 bridgehead atoms. The predicted octanol–water partition coefficient (Wildman–Crippen LogP) is 0.641. The number of allylic oxidation sites excluding steroid dienone is 8. The van der Waals surface area contributed by atoms with Crippen LogP contribution in [-0.2, 0) is 0 Å². The fourth-order valence-corrected chi connectivity index (χ4v) is 1.74. The van der Waals surface area contributed by atoms with E-state index in [1.807, 2.05) is 0 Å². The van der Waals surface area contributed by atoms with Gasteiger partial charge in [-0.25, -0.2) is 0 Å². The quantitative estimate of drug-likeness (QED) is 0.498. The maximum atomic E-state index is 6.01. The Morgan fingerprint density at radius 3 is 1.86 bits per heavy atom. The van der Waals surface area contributed by atoms with E-state index in [0.29, 0.717) is 11.1 Å². The van der Waals surface area contributed by atoms with Crippen molar-refractivity contribution in [3.63, 3.8) is 0 Å². The van der Waals surface area contributed by atoms with Crippen LogP contribution in [0, 0.1) is 0 Å². The summed E-state index contributed by atoms with van der Waals surface area (Å²) in [5, 5.41) is 0. The molecule has 0 heterocycles. The third-order valence-corrected chi connectivity index (χ3v) is 3.11. The van der Waals surface area contributed by atoms with Crippen LogP contribution in [0.4, 0.5) is 0 Å². The van der Waals surface area contributed by atoms with Crippen LogP contribution in [0.25, 0.3) is 0 Å². The van der Waals surface area contributed by atoms with Crippen molar-refractivity contribution < 1.29 is 0 Å². The standard InChI is InChI=1S/C12H7B8Br/c13-2-1-6(11(19)8(17)4-15)10(7(16)3-14)12(20)9(18)5-21/h1,3,5H,2,4H2/b6-1-,7-3-,9-5-,11-8-,12-10+. The van der Waals surface area contributed by atoms with Crippen LogP contribution in [0.15, 0.2) is 55.5 Å². The summed E-state index contributed by atoms with van der Waals surface area (Å²) in [6.45, 7) is 0. The van der Waals surface area contributed by atoms with Gasteiger partial charge in [-0.3, -0.25) is 0 Å². The van der Waals surface area contributed by atoms with Crippen LogP contribution in [-0.4, -0.2) is 62.8 Å². The van der Waals surface area contributed by atoms with E-state index in [1.165, 1.54) is 11.0 Å². The van der Waals surface area contributed by atoms with Gasteiger partial charge in [0.05, 0.1) is 15.7 Å². The molecule has 0 amide bonds. The summed E-state index contributed by atoms with van der Waals surface area (Å²) < 4.78 is 0. The molecule has 0 fully saturated rings. The number of halogens is 1. The molecule has 0 atom stereocenters. The van der Waals surface area contributed by atoms with E-state index in [4.69, 9.17) is 62.8 Å². The van der Waals surface area contributed by atoms with Gasteiger partial charge < -0.3 is 0 Å². The van der Waals surface area contributed by atoms with Crippen LogP contribution < -0.4 is 0 Å². The molecule has 0 aliphatic rings. The summed E-state index contributed by atoms with van der Waals surface area (Å²) in [6.07, 6.45) is 1.86. The van der Waals surface area contributed by atoms with Crippen LogP contribution in [0.1, 0.15) is 0 Å². The van der Waals surface area contributed by atoms with E-state index >= 15 is 0 Å². The smallest absolute Gasteiger partial charge is 0.113 e. The van der Waals surface area contributed by atoms with Crippen molar-refractivity contribution in [2.24, 2.45) is 0 Å². The van der Waals surface area contributed by atoms with Crippen molar-refractivity contribution in [2.75, 3.05) is 0 Å². The van der Waals surface area contributed by atoms with E-state index in [-0.39, 0.29) is 40.0 Å². The molecule has 0 unspecified atom stereocenters. The molecule has 0 aromatic carbocycles. The van der Waals surface area contributed by atoms with Gasteiger partial charge >= 0.3 is 0 Å². The third kappa shape index (κ3) is 5.77. The van der Waals surface area contributed by atoms with Crippen LogP contribution in [0.5, 0.6) is 0 Å². The Kier molecular flexibility index (Phi) is 10.3. The van der Waals surface area contributed by atoms with Gasteiger partial charge in [0, 0.05) is 0 Å². The molecule has 86 valence electrons. The highest BCUT2D eigenvalue weighted by molar-refractivity contribution is 9.11. The average molecular weight is 318 g/mol. The fourth-order valence-electron chi connectivity index (χ4n) is 1.49. The number of hydrogen-bond donors (Lipinski definition) is 0. The lowest BCUT2D eigenvalue weighted by Crippen LogP contribution is -2.07. The van der Waals surface area contributed by atoms with Crippen molar-refractivity contribution in [3.8, 4) is 0 Å². The molecule has 9 heteroatoms. The first-order valence-electron chi connectivity index (χ1n) is 5.94. The molecule has 0 aromatic rings. The largest absolute Gasteiger partial charge is 0.138 e. The first kappa shape index (κ1) is 20.7. The minimum Gasteiger partial charge on any atom is -0.138 e. The zero-order valence-electron chi connectivity index (χ0n) is 11.6. The molecule has 0 spiro atoms. The van der Waals surface area contributed by atoms with Gasteiger partial charge in [0.1, 0.15) is 47.1 Å². The normalized spacial score (nSPS) is 16.3. The zero-order chi connectivity index (χ0) is 16.6. The lowest BCUT2D eigenvalue weighted by molar-refractivity contribution is 1.41. The fraction of sp³-hybridized carbons (Fsp3) is 0.167. The summed E-state index contributed by atoms with van der Waals surface area (Å²) in [5.74, 6) is 1.18. The Morgan fingerprint density at radius 2 is 1.48 bits per heavy atom. The third-order valence-electron chi connectivity index (χ3n) is 2.61. The lowest BCUT2D eigenvalue weighted by atomic mass is 9.63. The summed E-state index contributed by atoms with van der Waals surface area (Å²) in [6, 6.07) is 0. The van der Waals surface area contributed by atoms with Crippen molar-refractivity contribution in [1.29, 1.82) is 0 Å². The van der Waals surface area contributed by atoms with Crippen LogP contribution in [0.3, 0.4) is 0 Å². The minimum atomic E-state index is 0.0664. The molecular formula is C12H7B8Br. The Bertz CT molecular complexity index is 527. The molecule has 0 aliphatic carbocycles. The average Bonchev–Trinajstić information content (AvgIpc) is 2.51. The Morgan fingerprint density at radius 1 is 0.905 bits per heavy atom. The van der Waals surface area contributed by atoms with Gasteiger partial charge in [-0.2, -0.15) is 0 Å². The molecule has 0 N–H and O–H groups in total. The molecule has 16 radical (unpaired) electrons. The van der Waals surface area contributed by atoms with Crippen LogP contribution in [0.2, 0.25) is 12.6 Å². The van der Waals surface area contributed by atoms with Gasteiger partial charge in [-0.1, -0.05) is 45.6 Å². The second kappa shape index (κ2) is 10.4. The SMILES string of the molecule is [B]/C=C([B])/C(C(=C/C[B])/C([B])=C(/[B])C[B])=C([B])\C([B])=C\Br. The zero-order valence-corrected chi connectivity index (χ0v) is 13.2. The van der Waals surface area contributed by atoms with E-state index in [9.17, 15) is 0 Å².